The van der Waals surface area contributed by atoms with Gasteiger partial charge in [-0.1, -0.05) is 0 Å². The highest BCUT2D eigenvalue weighted by Gasteiger charge is 2.21. The maximum absolute atomic E-state index is 12.4. The highest BCUT2D eigenvalue weighted by molar-refractivity contribution is 7.89. The number of hydrogen-bond acceptors (Lipinski definition) is 4. The summed E-state index contributed by atoms with van der Waals surface area (Å²) in [4.78, 5) is 0.282. The van der Waals surface area contributed by atoms with Gasteiger partial charge < -0.3 is 9.88 Å². The zero-order valence-corrected chi connectivity index (χ0v) is 13.2. The summed E-state index contributed by atoms with van der Waals surface area (Å²) in [7, 11) is -1.72. The van der Waals surface area contributed by atoms with Gasteiger partial charge in [-0.2, -0.15) is 5.10 Å². The molecule has 0 aliphatic carbocycles. The van der Waals surface area contributed by atoms with E-state index in [2.05, 4.69) is 20.2 Å². The number of nitrogens with zero attached hydrogens (tertiary/aromatic N) is 2. The first-order valence-corrected chi connectivity index (χ1v) is 8.31. The summed E-state index contributed by atoms with van der Waals surface area (Å²) in [6.07, 6.45) is 4.95. The third-order valence-electron chi connectivity index (χ3n) is 3.32. The van der Waals surface area contributed by atoms with E-state index in [1.165, 1.54) is 0 Å². The standard InChI is InChI=1S/C13H21N5O2S/c1-4-18-9-13(5-12(18)8-14-3)21(19,20)17-10(2)11-6-15-16-7-11/h5-7,9-10,14,17H,4,8H2,1-3H3,(H,15,16). The quantitative estimate of drug-likeness (QED) is 0.711. The number of H-pyrrole nitrogens is 1. The maximum atomic E-state index is 12.4. The molecule has 2 aromatic rings. The number of aromatic amines is 1. The summed E-state index contributed by atoms with van der Waals surface area (Å²) in [5.74, 6) is 0. The van der Waals surface area contributed by atoms with Gasteiger partial charge in [0.1, 0.15) is 0 Å². The molecule has 2 heterocycles. The number of aromatic nitrogens is 3. The van der Waals surface area contributed by atoms with Gasteiger partial charge in [0.05, 0.1) is 11.1 Å². The molecule has 0 saturated heterocycles. The summed E-state index contributed by atoms with van der Waals surface area (Å²) in [6.45, 7) is 5.12. The first-order valence-electron chi connectivity index (χ1n) is 6.82. The Morgan fingerprint density at radius 2 is 2.24 bits per heavy atom. The van der Waals surface area contributed by atoms with Crippen LogP contribution in [0.5, 0.6) is 0 Å². The van der Waals surface area contributed by atoms with Crippen LogP contribution in [0.3, 0.4) is 0 Å². The molecule has 0 saturated carbocycles. The summed E-state index contributed by atoms with van der Waals surface area (Å²) >= 11 is 0. The lowest BCUT2D eigenvalue weighted by Crippen LogP contribution is -2.26. The van der Waals surface area contributed by atoms with E-state index in [0.717, 1.165) is 17.8 Å². The third-order valence-corrected chi connectivity index (χ3v) is 4.83. The fourth-order valence-electron chi connectivity index (χ4n) is 2.16. The fraction of sp³-hybridized carbons (Fsp3) is 0.462. The van der Waals surface area contributed by atoms with Crippen molar-refractivity contribution in [2.24, 2.45) is 0 Å². The van der Waals surface area contributed by atoms with Crippen LogP contribution >= 0.6 is 0 Å². The predicted octanol–water partition coefficient (Wildman–Crippen LogP) is 0.990. The lowest BCUT2D eigenvalue weighted by Gasteiger charge is -2.11. The summed E-state index contributed by atoms with van der Waals surface area (Å²) in [5, 5.41) is 9.55. The minimum absolute atomic E-state index is 0.282. The molecule has 0 aromatic carbocycles. The van der Waals surface area contributed by atoms with E-state index in [0.29, 0.717) is 6.54 Å². The molecule has 1 atom stereocenters. The Bertz CT molecular complexity index is 675. The Balaban J connectivity index is 2.23. The second-order valence-electron chi connectivity index (χ2n) is 4.86. The topological polar surface area (TPSA) is 91.8 Å². The number of hydrogen-bond donors (Lipinski definition) is 3. The number of aryl methyl sites for hydroxylation is 1. The Morgan fingerprint density at radius 1 is 1.48 bits per heavy atom. The van der Waals surface area contributed by atoms with Gasteiger partial charge in [0.15, 0.2) is 0 Å². The molecular formula is C13H21N5O2S. The molecule has 7 nitrogen and oxygen atoms in total. The second kappa shape index (κ2) is 6.42. The van der Waals surface area contributed by atoms with E-state index >= 15 is 0 Å². The van der Waals surface area contributed by atoms with Crippen molar-refractivity contribution >= 4 is 10.0 Å². The van der Waals surface area contributed by atoms with Crippen LogP contribution in [0.15, 0.2) is 29.6 Å². The van der Waals surface area contributed by atoms with E-state index in [1.54, 1.807) is 31.6 Å². The van der Waals surface area contributed by atoms with Crippen LogP contribution < -0.4 is 10.0 Å². The summed E-state index contributed by atoms with van der Waals surface area (Å²) in [6, 6.07) is 1.36. The van der Waals surface area contributed by atoms with Gasteiger partial charge in [0.2, 0.25) is 10.0 Å². The second-order valence-corrected chi connectivity index (χ2v) is 6.57. The Hall–Kier alpha value is -1.64. The van der Waals surface area contributed by atoms with Gasteiger partial charge in [-0.3, -0.25) is 5.10 Å². The average molecular weight is 311 g/mol. The molecule has 2 rings (SSSR count). The van der Waals surface area contributed by atoms with Crippen LogP contribution in [-0.2, 0) is 23.1 Å². The van der Waals surface area contributed by atoms with Crippen LogP contribution in [0.4, 0.5) is 0 Å². The Labute approximate surface area is 124 Å². The maximum Gasteiger partial charge on any atom is 0.242 e. The van der Waals surface area contributed by atoms with Crippen molar-refractivity contribution < 1.29 is 8.42 Å². The SMILES string of the molecule is CCn1cc(S(=O)(=O)NC(C)c2cn[nH]c2)cc1CNC. The van der Waals surface area contributed by atoms with Crippen molar-refractivity contribution in [1.82, 2.24) is 24.8 Å². The first kappa shape index (κ1) is 15.7. The van der Waals surface area contributed by atoms with Crippen LogP contribution in [0, 0.1) is 0 Å². The highest BCUT2D eigenvalue weighted by atomic mass is 32.2. The summed E-state index contributed by atoms with van der Waals surface area (Å²) < 4.78 is 29.5. The van der Waals surface area contributed by atoms with Crippen LogP contribution in [-0.4, -0.2) is 30.2 Å². The van der Waals surface area contributed by atoms with E-state index in [1.807, 2.05) is 18.5 Å². The van der Waals surface area contributed by atoms with Crippen molar-refractivity contribution in [1.29, 1.82) is 0 Å². The molecule has 2 aromatic heterocycles. The molecule has 0 radical (unpaired) electrons. The van der Waals surface area contributed by atoms with Crippen molar-refractivity contribution in [2.75, 3.05) is 7.05 Å². The Morgan fingerprint density at radius 3 is 2.81 bits per heavy atom. The molecule has 3 N–H and O–H groups in total. The largest absolute Gasteiger partial charge is 0.349 e. The fourth-order valence-corrected chi connectivity index (χ4v) is 3.46. The van der Waals surface area contributed by atoms with Crippen molar-refractivity contribution in [3.8, 4) is 0 Å². The first-order chi connectivity index (χ1) is 9.97. The average Bonchev–Trinajstić information content (AvgIpc) is 3.08. The Kier molecular flexibility index (Phi) is 4.81. The number of sulfonamides is 1. The molecule has 0 bridgehead atoms. The lowest BCUT2D eigenvalue weighted by atomic mass is 10.2. The zero-order valence-electron chi connectivity index (χ0n) is 12.4. The van der Waals surface area contributed by atoms with Gasteiger partial charge in [-0.15, -0.1) is 0 Å². The van der Waals surface area contributed by atoms with Crippen LogP contribution in [0.1, 0.15) is 31.1 Å². The van der Waals surface area contributed by atoms with Gasteiger partial charge in [0.25, 0.3) is 0 Å². The third kappa shape index (κ3) is 3.52. The predicted molar refractivity (Wildman–Crippen MR) is 80.2 cm³/mol. The van der Waals surface area contributed by atoms with E-state index in [4.69, 9.17) is 0 Å². The monoisotopic (exact) mass is 311 g/mol. The molecule has 0 aliphatic rings. The normalized spacial score (nSPS) is 13.5. The molecule has 1 unspecified atom stereocenters. The molecule has 0 fully saturated rings. The molecule has 0 spiro atoms. The van der Waals surface area contributed by atoms with Gasteiger partial charge in [-0.25, -0.2) is 13.1 Å². The zero-order chi connectivity index (χ0) is 15.5. The van der Waals surface area contributed by atoms with Gasteiger partial charge in [0, 0.05) is 42.8 Å². The number of nitrogens with one attached hydrogen (secondary N) is 3. The highest BCUT2D eigenvalue weighted by Crippen LogP contribution is 2.18. The molecule has 116 valence electrons. The summed E-state index contributed by atoms with van der Waals surface area (Å²) in [5.41, 5.74) is 1.74. The van der Waals surface area contributed by atoms with E-state index in [-0.39, 0.29) is 10.9 Å². The molecular weight excluding hydrogens is 290 g/mol. The van der Waals surface area contributed by atoms with E-state index in [9.17, 15) is 8.42 Å². The van der Waals surface area contributed by atoms with Gasteiger partial charge in [-0.05, 0) is 27.0 Å². The van der Waals surface area contributed by atoms with Crippen LogP contribution in [0.25, 0.3) is 0 Å². The van der Waals surface area contributed by atoms with Crippen molar-refractivity contribution in [3.05, 3.63) is 35.9 Å². The van der Waals surface area contributed by atoms with Crippen molar-refractivity contribution in [2.45, 2.75) is 37.9 Å². The molecule has 21 heavy (non-hydrogen) atoms. The number of rotatable bonds is 7. The lowest BCUT2D eigenvalue weighted by molar-refractivity contribution is 0.566. The molecule has 0 aliphatic heterocycles. The van der Waals surface area contributed by atoms with Gasteiger partial charge >= 0.3 is 0 Å². The van der Waals surface area contributed by atoms with Crippen molar-refractivity contribution in [3.63, 3.8) is 0 Å². The smallest absolute Gasteiger partial charge is 0.242 e. The molecule has 0 amide bonds. The minimum atomic E-state index is -3.56. The van der Waals surface area contributed by atoms with E-state index < -0.39 is 10.0 Å². The molecule has 8 heteroatoms. The van der Waals surface area contributed by atoms with Crippen LogP contribution in [0.2, 0.25) is 0 Å². The minimum Gasteiger partial charge on any atom is -0.349 e.